The Morgan fingerprint density at radius 2 is 0.671 bits per heavy atom. The van der Waals surface area contributed by atoms with Crippen LogP contribution in [0.4, 0.5) is 0 Å². The Morgan fingerprint density at radius 1 is 0.382 bits per heavy atom. The number of esters is 2. The molecular formula is C67H129NO8. The van der Waals surface area contributed by atoms with Gasteiger partial charge in [0.25, 0.3) is 0 Å². The van der Waals surface area contributed by atoms with Gasteiger partial charge >= 0.3 is 11.9 Å². The normalized spacial score (nSPS) is 12.7. The number of carbonyl (C=O) groups is 3. The number of ether oxygens (including phenoxy) is 4. The van der Waals surface area contributed by atoms with Gasteiger partial charge < -0.3 is 33.3 Å². The number of carboxylic acid groups (broad SMARTS) is 1. The van der Waals surface area contributed by atoms with Gasteiger partial charge in [0.1, 0.15) is 13.2 Å². The summed E-state index contributed by atoms with van der Waals surface area (Å²) in [6.45, 7) is 4.78. The Kier molecular flexibility index (Phi) is 57.6. The van der Waals surface area contributed by atoms with Gasteiger partial charge in [0.2, 0.25) is 0 Å². The molecule has 0 aromatic heterocycles. The van der Waals surface area contributed by atoms with E-state index in [2.05, 4.69) is 26.0 Å². The van der Waals surface area contributed by atoms with Crippen molar-refractivity contribution in [2.45, 2.75) is 354 Å². The minimum Gasteiger partial charge on any atom is -0.545 e. The zero-order valence-corrected chi connectivity index (χ0v) is 51.4. The molecule has 9 nitrogen and oxygen atoms in total. The van der Waals surface area contributed by atoms with Gasteiger partial charge in [0.15, 0.2) is 12.4 Å². The summed E-state index contributed by atoms with van der Waals surface area (Å²) in [6, 6.07) is 0. The fourth-order valence-electron chi connectivity index (χ4n) is 10.1. The van der Waals surface area contributed by atoms with Crippen LogP contribution in [0.1, 0.15) is 341 Å². The van der Waals surface area contributed by atoms with Crippen LogP contribution in [0.5, 0.6) is 0 Å². The Balaban J connectivity index is 3.90. The van der Waals surface area contributed by atoms with Crippen LogP contribution in [-0.2, 0) is 33.3 Å². The summed E-state index contributed by atoms with van der Waals surface area (Å²) in [5.41, 5.74) is 0. The molecule has 0 spiro atoms. The second-order valence-electron chi connectivity index (χ2n) is 24.1. The number of rotatable bonds is 63. The molecule has 0 amide bonds. The molecule has 0 aromatic carbocycles. The second kappa shape index (κ2) is 59.2. The van der Waals surface area contributed by atoms with Gasteiger partial charge in [-0.2, -0.15) is 0 Å². The first-order chi connectivity index (χ1) is 37.1. The Bertz CT molecular complexity index is 1250. The van der Waals surface area contributed by atoms with E-state index in [0.29, 0.717) is 23.9 Å². The highest BCUT2D eigenvalue weighted by molar-refractivity contribution is 5.70. The lowest BCUT2D eigenvalue weighted by Crippen LogP contribution is -2.44. The largest absolute Gasteiger partial charge is 0.545 e. The number of aliphatic carboxylic acids is 1. The predicted molar refractivity (Wildman–Crippen MR) is 320 cm³/mol. The molecule has 9 heteroatoms. The molecule has 76 heavy (non-hydrogen) atoms. The molecular weight excluding hydrogens is 947 g/mol. The number of nitrogens with zero attached hydrogens (tertiary/aromatic N) is 1. The average molecular weight is 1080 g/mol. The summed E-state index contributed by atoms with van der Waals surface area (Å²) < 4.78 is 22.7. The van der Waals surface area contributed by atoms with Crippen LogP contribution in [-0.4, -0.2) is 82.3 Å². The lowest BCUT2D eigenvalue weighted by molar-refractivity contribution is -0.870. The van der Waals surface area contributed by atoms with Gasteiger partial charge in [-0.05, 0) is 38.5 Å². The van der Waals surface area contributed by atoms with Crippen LogP contribution >= 0.6 is 0 Å². The van der Waals surface area contributed by atoms with Crippen LogP contribution in [0, 0.1) is 0 Å². The number of hydrogen-bond donors (Lipinski definition) is 0. The first-order valence-electron chi connectivity index (χ1n) is 33.3. The van der Waals surface area contributed by atoms with Crippen molar-refractivity contribution in [1.82, 2.24) is 0 Å². The van der Waals surface area contributed by atoms with Crippen molar-refractivity contribution in [3.8, 4) is 0 Å². The summed E-state index contributed by atoms with van der Waals surface area (Å²) >= 11 is 0. The van der Waals surface area contributed by atoms with Crippen molar-refractivity contribution in [3.05, 3.63) is 12.2 Å². The Labute approximate surface area is 472 Å². The van der Waals surface area contributed by atoms with Crippen LogP contribution in [0.3, 0.4) is 0 Å². The third-order valence-corrected chi connectivity index (χ3v) is 15.3. The van der Waals surface area contributed by atoms with E-state index in [9.17, 15) is 19.5 Å². The lowest BCUT2D eigenvalue weighted by atomic mass is 10.0. The molecule has 0 bridgehead atoms. The zero-order valence-electron chi connectivity index (χ0n) is 51.4. The number of unbranched alkanes of at least 4 members (excludes halogenated alkanes) is 46. The van der Waals surface area contributed by atoms with E-state index < -0.39 is 24.3 Å². The summed E-state index contributed by atoms with van der Waals surface area (Å²) in [7, 11) is 5.93. The topological polar surface area (TPSA) is 111 Å². The Morgan fingerprint density at radius 3 is 0.974 bits per heavy atom. The van der Waals surface area contributed by atoms with Crippen molar-refractivity contribution in [2.75, 3.05) is 47.5 Å². The van der Waals surface area contributed by atoms with E-state index >= 15 is 0 Å². The van der Waals surface area contributed by atoms with Crippen molar-refractivity contribution < 1.29 is 42.9 Å². The van der Waals surface area contributed by atoms with E-state index in [0.717, 1.165) is 51.4 Å². The smallest absolute Gasteiger partial charge is 0.306 e. The van der Waals surface area contributed by atoms with Crippen LogP contribution in [0.15, 0.2) is 12.2 Å². The quantitative estimate of drug-likeness (QED) is 0.0195. The van der Waals surface area contributed by atoms with Crippen LogP contribution in [0.2, 0.25) is 0 Å². The van der Waals surface area contributed by atoms with Gasteiger partial charge in [-0.15, -0.1) is 0 Å². The molecule has 0 radical (unpaired) electrons. The summed E-state index contributed by atoms with van der Waals surface area (Å²) in [5.74, 6) is -2.27. The SMILES string of the molecule is CCCCCCC/C=C\CCCCCCCC(=O)OC(COC(=O)CCCCCCCCCCCCCCCCCCCCCCCCCCCCCCCCCCCCCCC)COC(OCC[N+](C)(C)C)C(=O)[O-]. The summed E-state index contributed by atoms with van der Waals surface area (Å²) in [6.07, 6.45) is 67.5. The lowest BCUT2D eigenvalue weighted by Gasteiger charge is -2.26. The van der Waals surface area contributed by atoms with Gasteiger partial charge in [-0.25, -0.2) is 0 Å². The molecule has 0 aromatic rings. The third kappa shape index (κ3) is 59.7. The number of hydrogen-bond acceptors (Lipinski definition) is 8. The van der Waals surface area contributed by atoms with Gasteiger partial charge in [0, 0.05) is 12.8 Å². The maximum atomic E-state index is 12.8. The van der Waals surface area contributed by atoms with E-state index in [4.69, 9.17) is 18.9 Å². The molecule has 0 saturated carbocycles. The number of allylic oxidation sites excluding steroid dienone is 2. The monoisotopic (exact) mass is 1080 g/mol. The molecule has 0 aliphatic rings. The van der Waals surface area contributed by atoms with Crippen molar-refractivity contribution in [1.29, 1.82) is 0 Å². The number of carbonyl (C=O) groups excluding carboxylic acids is 3. The van der Waals surface area contributed by atoms with E-state index in [1.165, 1.54) is 257 Å². The van der Waals surface area contributed by atoms with Crippen LogP contribution < -0.4 is 5.11 Å². The molecule has 0 N–H and O–H groups in total. The van der Waals surface area contributed by atoms with Crippen molar-refractivity contribution >= 4 is 17.9 Å². The van der Waals surface area contributed by atoms with Crippen molar-refractivity contribution in [2.24, 2.45) is 0 Å². The maximum absolute atomic E-state index is 12.8. The molecule has 0 aliphatic carbocycles. The standard InChI is InChI=1S/C67H129NO8/c1-6-8-10-12-14-16-18-20-22-23-24-25-26-27-28-29-30-31-32-33-34-35-36-37-38-39-40-41-42-43-44-46-47-49-51-53-55-57-64(69)74-61-63(62-75-67(66(71)72)73-60-59-68(3,4)5)76-65(70)58-56-54-52-50-48-45-21-19-17-15-13-11-9-7-2/h19,21,63,67H,6-18,20,22-62H2,1-5H3/b21-19-. The average Bonchev–Trinajstić information content (AvgIpc) is 3.39. The predicted octanol–water partition coefficient (Wildman–Crippen LogP) is 18.7. The fraction of sp³-hybridized carbons (Fsp3) is 0.925. The van der Waals surface area contributed by atoms with Crippen molar-refractivity contribution in [3.63, 3.8) is 0 Å². The molecule has 2 unspecified atom stereocenters. The van der Waals surface area contributed by atoms with Gasteiger partial charge in [-0.3, -0.25) is 9.59 Å². The molecule has 0 heterocycles. The first-order valence-corrected chi connectivity index (χ1v) is 33.3. The number of quaternary nitrogens is 1. The summed E-state index contributed by atoms with van der Waals surface area (Å²) in [4.78, 5) is 37.3. The minimum absolute atomic E-state index is 0.150. The molecule has 450 valence electrons. The molecule has 0 aliphatic heterocycles. The van der Waals surface area contributed by atoms with Crippen LogP contribution in [0.25, 0.3) is 0 Å². The molecule has 0 rings (SSSR count). The minimum atomic E-state index is -1.62. The number of likely N-dealkylation sites (N-methyl/N-ethyl adjacent to an activating group) is 1. The van der Waals surface area contributed by atoms with E-state index in [-0.39, 0.29) is 32.2 Å². The molecule has 0 saturated heterocycles. The van der Waals surface area contributed by atoms with E-state index in [1.54, 1.807) is 0 Å². The highest BCUT2D eigenvalue weighted by Crippen LogP contribution is 2.19. The Hall–Kier alpha value is -1.97. The fourth-order valence-corrected chi connectivity index (χ4v) is 10.1. The van der Waals surface area contributed by atoms with Gasteiger partial charge in [0.05, 0.1) is 40.3 Å². The maximum Gasteiger partial charge on any atom is 0.306 e. The van der Waals surface area contributed by atoms with E-state index in [1.807, 2.05) is 21.1 Å². The highest BCUT2D eigenvalue weighted by atomic mass is 16.7. The second-order valence-corrected chi connectivity index (χ2v) is 24.1. The molecule has 0 fully saturated rings. The molecule has 2 atom stereocenters. The summed E-state index contributed by atoms with van der Waals surface area (Å²) in [5, 5.41) is 11.8. The third-order valence-electron chi connectivity index (χ3n) is 15.3. The highest BCUT2D eigenvalue weighted by Gasteiger charge is 2.22. The zero-order chi connectivity index (χ0) is 55.5. The number of carboxylic acids is 1. The van der Waals surface area contributed by atoms with Gasteiger partial charge in [-0.1, -0.05) is 302 Å². The first kappa shape index (κ1) is 74.0.